The second kappa shape index (κ2) is 10.4. The number of rotatable bonds is 9. The van der Waals surface area contributed by atoms with Crippen molar-refractivity contribution in [3.8, 4) is 0 Å². The van der Waals surface area contributed by atoms with Crippen LogP contribution in [0.25, 0.3) is 0 Å². The van der Waals surface area contributed by atoms with Gasteiger partial charge in [-0.25, -0.2) is 0 Å². The van der Waals surface area contributed by atoms with Gasteiger partial charge in [0.05, 0.1) is 31.3 Å². The summed E-state index contributed by atoms with van der Waals surface area (Å²) in [6.45, 7) is 4.33. The van der Waals surface area contributed by atoms with E-state index in [-0.39, 0.29) is 17.8 Å². The number of carbonyl (C=O) groups is 1. The third-order valence-corrected chi connectivity index (χ3v) is 5.80. The molecule has 1 saturated heterocycles. The van der Waals surface area contributed by atoms with Crippen LogP contribution in [0.15, 0.2) is 64.6 Å². The highest BCUT2D eigenvalue weighted by atomic mass is 32.2. The zero-order valence-corrected chi connectivity index (χ0v) is 17.5. The number of furan rings is 1. The summed E-state index contributed by atoms with van der Waals surface area (Å²) in [6.07, 6.45) is 3.27. The second-order valence-electron chi connectivity index (χ2n) is 7.13. The van der Waals surface area contributed by atoms with Crippen LogP contribution in [0.3, 0.4) is 0 Å². The van der Waals surface area contributed by atoms with E-state index in [0.29, 0.717) is 24.9 Å². The lowest BCUT2D eigenvalue weighted by molar-refractivity contribution is -0.119. The van der Waals surface area contributed by atoms with Gasteiger partial charge in [0.15, 0.2) is 5.16 Å². The topological polar surface area (TPSA) is 85.4 Å². The van der Waals surface area contributed by atoms with Crippen LogP contribution in [0.2, 0.25) is 0 Å². The number of morpholine rings is 1. The van der Waals surface area contributed by atoms with Crippen molar-refractivity contribution >= 4 is 17.7 Å². The van der Waals surface area contributed by atoms with E-state index in [9.17, 15) is 4.79 Å². The average Bonchev–Trinajstić information content (AvgIpc) is 3.44. The summed E-state index contributed by atoms with van der Waals surface area (Å²) < 4.78 is 13.0. The van der Waals surface area contributed by atoms with Crippen molar-refractivity contribution in [1.29, 1.82) is 0 Å². The first-order valence-corrected chi connectivity index (χ1v) is 10.9. The summed E-state index contributed by atoms with van der Waals surface area (Å²) in [5.74, 6) is 1.05. The Morgan fingerprint density at radius 1 is 1.20 bits per heavy atom. The highest BCUT2D eigenvalue weighted by Crippen LogP contribution is 2.16. The fourth-order valence-electron chi connectivity index (χ4n) is 3.33. The Bertz CT molecular complexity index is 916. The molecule has 1 unspecified atom stereocenters. The molecule has 8 nitrogen and oxygen atoms in total. The van der Waals surface area contributed by atoms with E-state index in [2.05, 4.69) is 44.7 Å². The van der Waals surface area contributed by atoms with Crippen LogP contribution >= 0.6 is 11.8 Å². The van der Waals surface area contributed by atoms with Crippen molar-refractivity contribution in [1.82, 2.24) is 25.0 Å². The third-order valence-electron chi connectivity index (χ3n) is 4.82. The van der Waals surface area contributed by atoms with Crippen molar-refractivity contribution in [2.45, 2.75) is 24.3 Å². The molecule has 2 aromatic heterocycles. The predicted molar refractivity (Wildman–Crippen MR) is 113 cm³/mol. The van der Waals surface area contributed by atoms with Gasteiger partial charge in [-0.15, -0.1) is 10.2 Å². The molecule has 0 saturated carbocycles. The molecular formula is C21H25N5O3S. The van der Waals surface area contributed by atoms with E-state index in [4.69, 9.17) is 9.15 Å². The number of thioether (sulfide) groups is 1. The molecule has 1 aliphatic rings. The Morgan fingerprint density at radius 2 is 2.10 bits per heavy atom. The number of benzene rings is 1. The summed E-state index contributed by atoms with van der Waals surface area (Å²) in [5.41, 5.74) is 1.29. The smallest absolute Gasteiger partial charge is 0.230 e. The van der Waals surface area contributed by atoms with Crippen LogP contribution in [-0.4, -0.2) is 63.7 Å². The minimum absolute atomic E-state index is 0.000910. The van der Waals surface area contributed by atoms with Crippen LogP contribution in [0.4, 0.5) is 0 Å². The van der Waals surface area contributed by atoms with Gasteiger partial charge in [-0.2, -0.15) is 0 Å². The molecule has 1 aromatic carbocycles. The summed E-state index contributed by atoms with van der Waals surface area (Å²) in [7, 11) is 0. The molecule has 0 bridgehead atoms. The predicted octanol–water partition coefficient (Wildman–Crippen LogP) is 2.03. The van der Waals surface area contributed by atoms with E-state index in [1.54, 1.807) is 12.6 Å². The molecule has 0 spiro atoms. The maximum Gasteiger partial charge on any atom is 0.230 e. The standard InChI is InChI=1S/C21H25N5O3S/c27-20(15-30-21-24-23-16-26(21)14-18-7-4-9-28-18)22-11-19-13-25(8-10-29-19)12-17-5-2-1-3-6-17/h1-7,9,16,19H,8,10-15H2,(H,22,27). The first-order valence-electron chi connectivity index (χ1n) is 9.94. The first kappa shape index (κ1) is 20.6. The number of aromatic nitrogens is 3. The molecule has 9 heteroatoms. The molecule has 0 aliphatic carbocycles. The van der Waals surface area contributed by atoms with Crippen LogP contribution < -0.4 is 5.32 Å². The van der Waals surface area contributed by atoms with Crippen molar-refractivity contribution in [2.24, 2.45) is 0 Å². The maximum absolute atomic E-state index is 12.3. The highest BCUT2D eigenvalue weighted by molar-refractivity contribution is 7.99. The maximum atomic E-state index is 12.3. The number of amides is 1. The van der Waals surface area contributed by atoms with Gasteiger partial charge in [0, 0.05) is 26.2 Å². The Balaban J connectivity index is 1.19. The third kappa shape index (κ3) is 5.94. The molecule has 1 aliphatic heterocycles. The van der Waals surface area contributed by atoms with Gasteiger partial charge in [-0.05, 0) is 17.7 Å². The van der Waals surface area contributed by atoms with Crippen LogP contribution in [0.5, 0.6) is 0 Å². The Kier molecular flexibility index (Phi) is 7.17. The zero-order chi connectivity index (χ0) is 20.6. The molecular weight excluding hydrogens is 402 g/mol. The highest BCUT2D eigenvalue weighted by Gasteiger charge is 2.21. The van der Waals surface area contributed by atoms with E-state index >= 15 is 0 Å². The normalized spacial score (nSPS) is 17.1. The van der Waals surface area contributed by atoms with E-state index in [1.165, 1.54) is 17.3 Å². The number of nitrogens with one attached hydrogen (secondary N) is 1. The lowest BCUT2D eigenvalue weighted by Gasteiger charge is -2.33. The van der Waals surface area contributed by atoms with Gasteiger partial charge < -0.3 is 19.0 Å². The Hall–Kier alpha value is -2.62. The number of nitrogens with zero attached hydrogens (tertiary/aromatic N) is 4. The van der Waals surface area contributed by atoms with Gasteiger partial charge in [-0.1, -0.05) is 42.1 Å². The lowest BCUT2D eigenvalue weighted by Crippen LogP contribution is -2.47. The van der Waals surface area contributed by atoms with Crippen molar-refractivity contribution in [3.05, 3.63) is 66.4 Å². The molecule has 158 valence electrons. The molecule has 1 atom stereocenters. The lowest BCUT2D eigenvalue weighted by atomic mass is 10.2. The molecule has 1 N–H and O–H groups in total. The second-order valence-corrected chi connectivity index (χ2v) is 8.07. The Labute approximate surface area is 179 Å². The molecule has 0 radical (unpaired) electrons. The number of hydrogen-bond acceptors (Lipinski definition) is 7. The van der Waals surface area contributed by atoms with E-state index in [0.717, 1.165) is 25.4 Å². The molecule has 30 heavy (non-hydrogen) atoms. The monoisotopic (exact) mass is 427 g/mol. The van der Waals surface area contributed by atoms with Crippen LogP contribution in [-0.2, 0) is 22.6 Å². The minimum atomic E-state index is -0.0451. The average molecular weight is 428 g/mol. The van der Waals surface area contributed by atoms with Gasteiger partial charge in [0.1, 0.15) is 12.1 Å². The number of hydrogen-bond donors (Lipinski definition) is 1. The van der Waals surface area contributed by atoms with Crippen LogP contribution in [0.1, 0.15) is 11.3 Å². The van der Waals surface area contributed by atoms with E-state index < -0.39 is 0 Å². The fraction of sp³-hybridized carbons (Fsp3) is 0.381. The van der Waals surface area contributed by atoms with Crippen molar-refractivity contribution in [3.63, 3.8) is 0 Å². The van der Waals surface area contributed by atoms with Gasteiger partial charge in [0.25, 0.3) is 0 Å². The van der Waals surface area contributed by atoms with Gasteiger partial charge in [0.2, 0.25) is 5.91 Å². The molecule has 1 fully saturated rings. The Morgan fingerprint density at radius 3 is 2.93 bits per heavy atom. The minimum Gasteiger partial charge on any atom is -0.467 e. The van der Waals surface area contributed by atoms with Crippen molar-refractivity contribution < 1.29 is 13.9 Å². The van der Waals surface area contributed by atoms with Crippen molar-refractivity contribution in [2.75, 3.05) is 32.0 Å². The van der Waals surface area contributed by atoms with Gasteiger partial charge in [-0.3, -0.25) is 9.69 Å². The molecule has 3 aromatic rings. The van der Waals surface area contributed by atoms with Gasteiger partial charge >= 0.3 is 0 Å². The molecule has 3 heterocycles. The SMILES string of the molecule is O=C(CSc1nncn1Cc1ccco1)NCC1CN(Cc2ccccc2)CCO1. The first-order chi connectivity index (χ1) is 14.8. The molecule has 4 rings (SSSR count). The summed E-state index contributed by atoms with van der Waals surface area (Å²) >= 11 is 1.36. The summed E-state index contributed by atoms with van der Waals surface area (Å²) in [5, 5.41) is 11.7. The number of ether oxygens (including phenoxy) is 1. The summed E-state index contributed by atoms with van der Waals surface area (Å²) in [4.78, 5) is 14.7. The fourth-order valence-corrected chi connectivity index (χ4v) is 4.08. The number of carbonyl (C=O) groups excluding carboxylic acids is 1. The molecule has 1 amide bonds. The summed E-state index contributed by atoms with van der Waals surface area (Å²) in [6, 6.07) is 14.1. The van der Waals surface area contributed by atoms with Crippen LogP contribution in [0, 0.1) is 0 Å². The van der Waals surface area contributed by atoms with E-state index in [1.807, 2.05) is 22.8 Å². The zero-order valence-electron chi connectivity index (χ0n) is 16.6. The quantitative estimate of drug-likeness (QED) is 0.523. The largest absolute Gasteiger partial charge is 0.467 e.